The average Bonchev–Trinajstić information content (AvgIpc) is 2.47. The average molecular weight is 256 g/mol. The predicted octanol–water partition coefficient (Wildman–Crippen LogP) is 2.81. The minimum absolute atomic E-state index is 0.679. The molecule has 2 aromatic rings. The van der Waals surface area contributed by atoms with E-state index in [-0.39, 0.29) is 0 Å². The third kappa shape index (κ3) is 4.72. The summed E-state index contributed by atoms with van der Waals surface area (Å²) in [6.45, 7) is 4.68. The van der Waals surface area contributed by atoms with Crippen molar-refractivity contribution >= 4 is 0 Å². The SMILES string of the molecule is CCNCc1ccc(OCCc2cccnc2)cc1. The van der Waals surface area contributed by atoms with E-state index >= 15 is 0 Å². The quantitative estimate of drug-likeness (QED) is 0.827. The molecule has 1 N–H and O–H groups in total. The molecule has 0 spiro atoms. The van der Waals surface area contributed by atoms with Crippen molar-refractivity contribution in [2.24, 2.45) is 0 Å². The second kappa shape index (κ2) is 7.54. The second-order valence-corrected chi connectivity index (χ2v) is 4.38. The van der Waals surface area contributed by atoms with Gasteiger partial charge in [0.05, 0.1) is 6.61 Å². The fourth-order valence-electron chi connectivity index (χ4n) is 1.81. The Morgan fingerprint density at radius 2 is 1.95 bits per heavy atom. The van der Waals surface area contributed by atoms with E-state index in [9.17, 15) is 0 Å². The van der Waals surface area contributed by atoms with E-state index in [1.165, 1.54) is 11.1 Å². The number of benzene rings is 1. The van der Waals surface area contributed by atoms with Gasteiger partial charge in [0.15, 0.2) is 0 Å². The molecular formula is C16H20N2O. The molecule has 0 aliphatic carbocycles. The van der Waals surface area contributed by atoms with Crippen molar-refractivity contribution in [1.29, 1.82) is 0 Å². The number of hydrogen-bond acceptors (Lipinski definition) is 3. The molecule has 0 aliphatic heterocycles. The third-order valence-electron chi connectivity index (χ3n) is 2.88. The zero-order valence-electron chi connectivity index (χ0n) is 11.3. The summed E-state index contributed by atoms with van der Waals surface area (Å²) in [7, 11) is 0. The van der Waals surface area contributed by atoms with Crippen molar-refractivity contribution < 1.29 is 4.74 Å². The van der Waals surface area contributed by atoms with E-state index in [1.54, 1.807) is 6.20 Å². The lowest BCUT2D eigenvalue weighted by atomic mass is 10.2. The van der Waals surface area contributed by atoms with Crippen molar-refractivity contribution in [2.45, 2.75) is 19.9 Å². The second-order valence-electron chi connectivity index (χ2n) is 4.38. The molecule has 0 saturated carbocycles. The Hall–Kier alpha value is -1.87. The molecule has 3 nitrogen and oxygen atoms in total. The number of nitrogens with one attached hydrogen (secondary N) is 1. The molecule has 0 atom stereocenters. The minimum atomic E-state index is 0.679. The van der Waals surface area contributed by atoms with Crippen molar-refractivity contribution in [3.8, 4) is 5.75 Å². The molecule has 0 fully saturated rings. The van der Waals surface area contributed by atoms with Gasteiger partial charge in [-0.3, -0.25) is 4.98 Å². The van der Waals surface area contributed by atoms with Crippen LogP contribution in [0.25, 0.3) is 0 Å². The first-order valence-corrected chi connectivity index (χ1v) is 6.70. The van der Waals surface area contributed by atoms with Gasteiger partial charge < -0.3 is 10.1 Å². The molecule has 0 saturated heterocycles. The van der Waals surface area contributed by atoms with E-state index in [0.717, 1.165) is 25.3 Å². The Balaban J connectivity index is 1.77. The maximum atomic E-state index is 5.72. The van der Waals surface area contributed by atoms with Gasteiger partial charge in [-0.05, 0) is 35.9 Å². The number of rotatable bonds is 7. The van der Waals surface area contributed by atoms with E-state index in [2.05, 4.69) is 35.4 Å². The van der Waals surface area contributed by atoms with Crippen LogP contribution in [0.4, 0.5) is 0 Å². The van der Waals surface area contributed by atoms with E-state index in [0.29, 0.717) is 6.61 Å². The Morgan fingerprint density at radius 3 is 2.63 bits per heavy atom. The maximum absolute atomic E-state index is 5.72. The molecule has 0 aliphatic rings. The van der Waals surface area contributed by atoms with Crippen LogP contribution in [0.15, 0.2) is 48.8 Å². The molecule has 0 unspecified atom stereocenters. The van der Waals surface area contributed by atoms with Gasteiger partial charge in [-0.1, -0.05) is 25.1 Å². The largest absolute Gasteiger partial charge is 0.493 e. The topological polar surface area (TPSA) is 34.1 Å². The molecule has 1 heterocycles. The van der Waals surface area contributed by atoms with Crippen LogP contribution in [0, 0.1) is 0 Å². The fraction of sp³-hybridized carbons (Fsp3) is 0.312. The molecule has 1 aromatic carbocycles. The monoisotopic (exact) mass is 256 g/mol. The van der Waals surface area contributed by atoms with Gasteiger partial charge in [-0.25, -0.2) is 0 Å². The summed E-state index contributed by atoms with van der Waals surface area (Å²) in [6.07, 6.45) is 4.54. The Bertz CT molecular complexity index is 468. The lowest BCUT2D eigenvalue weighted by molar-refractivity contribution is 0.321. The summed E-state index contributed by atoms with van der Waals surface area (Å²) >= 11 is 0. The van der Waals surface area contributed by atoms with Gasteiger partial charge in [-0.15, -0.1) is 0 Å². The molecular weight excluding hydrogens is 236 g/mol. The highest BCUT2D eigenvalue weighted by Crippen LogP contribution is 2.12. The Kier molecular flexibility index (Phi) is 5.38. The summed E-state index contributed by atoms with van der Waals surface area (Å²) in [6, 6.07) is 12.3. The Morgan fingerprint density at radius 1 is 1.11 bits per heavy atom. The fourth-order valence-corrected chi connectivity index (χ4v) is 1.81. The van der Waals surface area contributed by atoms with Gasteiger partial charge in [0.2, 0.25) is 0 Å². The van der Waals surface area contributed by atoms with Crippen LogP contribution in [-0.4, -0.2) is 18.1 Å². The van der Waals surface area contributed by atoms with E-state index < -0.39 is 0 Å². The van der Waals surface area contributed by atoms with Gasteiger partial charge in [0.25, 0.3) is 0 Å². The first-order valence-electron chi connectivity index (χ1n) is 6.70. The van der Waals surface area contributed by atoms with Gasteiger partial charge in [-0.2, -0.15) is 0 Å². The summed E-state index contributed by atoms with van der Waals surface area (Å²) in [4.78, 5) is 4.09. The van der Waals surface area contributed by atoms with Crippen LogP contribution in [0.1, 0.15) is 18.1 Å². The molecule has 0 bridgehead atoms. The summed E-state index contributed by atoms with van der Waals surface area (Å²) in [5.74, 6) is 0.920. The number of pyridine rings is 1. The van der Waals surface area contributed by atoms with Crippen molar-refractivity contribution in [2.75, 3.05) is 13.2 Å². The molecule has 100 valence electrons. The number of aromatic nitrogens is 1. The van der Waals surface area contributed by atoms with Crippen LogP contribution >= 0.6 is 0 Å². The zero-order valence-corrected chi connectivity index (χ0v) is 11.3. The highest BCUT2D eigenvalue weighted by molar-refractivity contribution is 5.27. The minimum Gasteiger partial charge on any atom is -0.493 e. The van der Waals surface area contributed by atoms with Crippen LogP contribution < -0.4 is 10.1 Å². The molecule has 2 rings (SSSR count). The smallest absolute Gasteiger partial charge is 0.119 e. The van der Waals surface area contributed by atoms with E-state index in [4.69, 9.17) is 4.74 Å². The lowest BCUT2D eigenvalue weighted by Gasteiger charge is -2.07. The standard InChI is InChI=1S/C16H20N2O/c1-2-17-12-15-5-7-16(8-6-15)19-11-9-14-4-3-10-18-13-14/h3-8,10,13,17H,2,9,11-12H2,1H3. The molecule has 1 aromatic heterocycles. The highest BCUT2D eigenvalue weighted by Gasteiger charge is 1.97. The first kappa shape index (κ1) is 13.6. The molecule has 0 amide bonds. The van der Waals surface area contributed by atoms with Crippen LogP contribution in [-0.2, 0) is 13.0 Å². The lowest BCUT2D eigenvalue weighted by Crippen LogP contribution is -2.11. The summed E-state index contributed by atoms with van der Waals surface area (Å²) in [5.41, 5.74) is 2.48. The van der Waals surface area contributed by atoms with Gasteiger partial charge >= 0.3 is 0 Å². The molecule has 0 radical (unpaired) electrons. The van der Waals surface area contributed by atoms with Gasteiger partial charge in [0.1, 0.15) is 5.75 Å². The number of nitrogens with zero attached hydrogens (tertiary/aromatic N) is 1. The Labute approximate surface area is 114 Å². The van der Waals surface area contributed by atoms with Crippen molar-refractivity contribution in [3.05, 3.63) is 59.9 Å². The van der Waals surface area contributed by atoms with Crippen molar-refractivity contribution in [1.82, 2.24) is 10.3 Å². The van der Waals surface area contributed by atoms with Gasteiger partial charge in [0, 0.05) is 25.4 Å². The first-order chi connectivity index (χ1) is 9.38. The molecule has 19 heavy (non-hydrogen) atoms. The number of hydrogen-bond donors (Lipinski definition) is 1. The highest BCUT2D eigenvalue weighted by atomic mass is 16.5. The van der Waals surface area contributed by atoms with Crippen molar-refractivity contribution in [3.63, 3.8) is 0 Å². The predicted molar refractivity (Wildman–Crippen MR) is 77.3 cm³/mol. The molecule has 3 heteroatoms. The maximum Gasteiger partial charge on any atom is 0.119 e. The van der Waals surface area contributed by atoms with E-state index in [1.807, 2.05) is 24.4 Å². The zero-order chi connectivity index (χ0) is 13.3. The van der Waals surface area contributed by atoms with Crippen LogP contribution in [0.2, 0.25) is 0 Å². The summed E-state index contributed by atoms with van der Waals surface area (Å²) in [5, 5.41) is 3.30. The third-order valence-corrected chi connectivity index (χ3v) is 2.88. The normalized spacial score (nSPS) is 10.4. The van der Waals surface area contributed by atoms with Crippen LogP contribution in [0.5, 0.6) is 5.75 Å². The summed E-state index contributed by atoms with van der Waals surface area (Å²) < 4.78 is 5.72. The number of ether oxygens (including phenoxy) is 1. The van der Waals surface area contributed by atoms with Crippen LogP contribution in [0.3, 0.4) is 0 Å².